The normalized spacial score (nSPS) is 12.3. The second-order valence-corrected chi connectivity index (χ2v) is 6.38. The fourth-order valence-electron chi connectivity index (χ4n) is 2.70. The molecule has 1 aromatic heterocycles. The average molecular weight is 434 g/mol. The number of hydrogen-bond donors (Lipinski definition) is 3. The van der Waals surface area contributed by atoms with Gasteiger partial charge in [-0.15, -0.1) is 13.2 Å². The number of nitrogens with two attached hydrogens (primary N) is 1. The number of benzene rings is 2. The second-order valence-electron chi connectivity index (χ2n) is 6.38. The summed E-state index contributed by atoms with van der Waals surface area (Å²) in [4.78, 5) is 15.5. The quantitative estimate of drug-likeness (QED) is 0.524. The molecular formula is C21H17F3N2O5. The van der Waals surface area contributed by atoms with Gasteiger partial charge in [0.1, 0.15) is 29.0 Å². The summed E-state index contributed by atoms with van der Waals surface area (Å²) in [6.45, 7) is -0.585. The van der Waals surface area contributed by atoms with Crippen molar-refractivity contribution in [1.29, 1.82) is 0 Å². The van der Waals surface area contributed by atoms with Gasteiger partial charge < -0.3 is 25.4 Å². The molecule has 7 nitrogen and oxygen atoms in total. The number of carbonyl (C=O) groups excluding carboxylic acids is 1. The minimum absolute atomic E-state index is 0.0793. The van der Waals surface area contributed by atoms with Crippen molar-refractivity contribution in [3.05, 3.63) is 72.1 Å². The first kappa shape index (κ1) is 22.1. The molecule has 2 aromatic carbocycles. The molecule has 0 saturated carbocycles. The number of carbonyl (C=O) groups is 1. The van der Waals surface area contributed by atoms with E-state index in [1.807, 2.05) is 0 Å². The smallest absolute Gasteiger partial charge is 0.457 e. The second kappa shape index (κ2) is 9.02. The molecule has 0 saturated heterocycles. The highest BCUT2D eigenvalue weighted by Gasteiger charge is 2.31. The van der Waals surface area contributed by atoms with Gasteiger partial charge in [0.05, 0.1) is 12.3 Å². The van der Waals surface area contributed by atoms with Gasteiger partial charge in [-0.2, -0.15) is 0 Å². The predicted molar refractivity (Wildman–Crippen MR) is 103 cm³/mol. The van der Waals surface area contributed by atoms with Gasteiger partial charge >= 0.3 is 6.36 Å². The first-order valence-electron chi connectivity index (χ1n) is 8.89. The van der Waals surface area contributed by atoms with E-state index in [0.717, 1.165) is 12.1 Å². The molecule has 0 spiro atoms. The molecule has 0 radical (unpaired) electrons. The van der Waals surface area contributed by atoms with Gasteiger partial charge in [0.2, 0.25) is 0 Å². The van der Waals surface area contributed by atoms with Crippen LogP contribution in [0.3, 0.4) is 0 Å². The van der Waals surface area contributed by atoms with Crippen LogP contribution in [0.2, 0.25) is 0 Å². The summed E-state index contributed by atoms with van der Waals surface area (Å²) in [5.41, 5.74) is 6.42. The Kier molecular flexibility index (Phi) is 6.42. The Balaban J connectivity index is 1.83. The molecule has 1 amide bonds. The van der Waals surface area contributed by atoms with Gasteiger partial charge in [-0.05, 0) is 47.5 Å². The van der Waals surface area contributed by atoms with Gasteiger partial charge in [-0.3, -0.25) is 4.79 Å². The van der Waals surface area contributed by atoms with Crippen molar-refractivity contribution in [3.8, 4) is 28.4 Å². The number of alkyl halides is 3. The first-order valence-corrected chi connectivity index (χ1v) is 8.89. The van der Waals surface area contributed by atoms with Crippen molar-refractivity contribution in [1.82, 2.24) is 4.98 Å². The van der Waals surface area contributed by atoms with Crippen molar-refractivity contribution in [2.45, 2.75) is 12.5 Å². The summed E-state index contributed by atoms with van der Waals surface area (Å²) in [5, 5.41) is 19.0. The molecule has 3 rings (SSSR count). The zero-order valence-electron chi connectivity index (χ0n) is 15.8. The topological polar surface area (TPSA) is 115 Å². The number of halogens is 3. The van der Waals surface area contributed by atoms with E-state index in [-0.39, 0.29) is 17.1 Å². The summed E-state index contributed by atoms with van der Waals surface area (Å²) < 4.78 is 46.5. The molecule has 0 bridgehead atoms. The van der Waals surface area contributed by atoms with E-state index in [0.29, 0.717) is 16.9 Å². The average Bonchev–Trinajstić information content (AvgIpc) is 2.72. The summed E-state index contributed by atoms with van der Waals surface area (Å²) in [6, 6.07) is 14.4. The largest absolute Gasteiger partial charge is 0.573 e. The predicted octanol–water partition coefficient (Wildman–Crippen LogP) is 3.56. The van der Waals surface area contributed by atoms with Gasteiger partial charge in [0.25, 0.3) is 5.91 Å². The van der Waals surface area contributed by atoms with Gasteiger partial charge in [0.15, 0.2) is 0 Å². The van der Waals surface area contributed by atoms with E-state index in [4.69, 9.17) is 15.6 Å². The Morgan fingerprint density at radius 1 is 1.00 bits per heavy atom. The zero-order chi connectivity index (χ0) is 22.6. The van der Waals surface area contributed by atoms with E-state index in [1.54, 1.807) is 24.3 Å². The molecule has 1 unspecified atom stereocenters. The van der Waals surface area contributed by atoms with Crippen LogP contribution in [0, 0.1) is 0 Å². The number of primary amides is 1. The number of amides is 1. The molecule has 0 aliphatic heterocycles. The maximum Gasteiger partial charge on any atom is 0.573 e. The fourth-order valence-corrected chi connectivity index (χ4v) is 2.70. The summed E-state index contributed by atoms with van der Waals surface area (Å²) in [6.07, 6.45) is -6.09. The number of ether oxygens (including phenoxy) is 2. The molecule has 3 aromatic rings. The molecule has 31 heavy (non-hydrogen) atoms. The molecular weight excluding hydrogens is 417 g/mol. The molecule has 1 heterocycles. The summed E-state index contributed by atoms with van der Waals surface area (Å²) in [5.74, 6) is -0.725. The van der Waals surface area contributed by atoms with E-state index < -0.39 is 30.7 Å². The number of aliphatic hydroxyl groups is 2. The molecule has 0 fully saturated rings. The number of nitrogens with zero attached hydrogens (tertiary/aromatic N) is 1. The van der Waals surface area contributed by atoms with Crippen LogP contribution in [0.5, 0.6) is 17.2 Å². The molecule has 162 valence electrons. The Labute approximate surface area is 174 Å². The van der Waals surface area contributed by atoms with Crippen molar-refractivity contribution in [2.24, 2.45) is 5.73 Å². The lowest BCUT2D eigenvalue weighted by Gasteiger charge is -2.12. The summed E-state index contributed by atoms with van der Waals surface area (Å²) in [7, 11) is 0. The van der Waals surface area contributed by atoms with E-state index in [2.05, 4.69) is 9.72 Å². The number of aromatic nitrogens is 1. The number of rotatable bonds is 7. The Bertz CT molecular complexity index is 1070. The Hall–Kier alpha value is -3.63. The highest BCUT2D eigenvalue weighted by atomic mass is 19.4. The summed E-state index contributed by atoms with van der Waals surface area (Å²) >= 11 is 0. The van der Waals surface area contributed by atoms with E-state index in [1.165, 1.54) is 24.3 Å². The van der Waals surface area contributed by atoms with Crippen molar-refractivity contribution < 1.29 is 37.7 Å². The van der Waals surface area contributed by atoms with Gasteiger partial charge in [-0.1, -0.05) is 18.2 Å². The maximum atomic E-state index is 12.4. The lowest BCUT2D eigenvalue weighted by molar-refractivity contribution is -0.274. The minimum atomic E-state index is -4.81. The van der Waals surface area contributed by atoms with Crippen molar-refractivity contribution >= 4 is 5.91 Å². The van der Waals surface area contributed by atoms with Crippen LogP contribution in [0.25, 0.3) is 11.1 Å². The molecule has 0 aliphatic carbocycles. The lowest BCUT2D eigenvalue weighted by atomic mass is 10.0. The standard InChI is InChI=1S/C21H17F3N2O5/c22-21(23,24)31-16-3-1-2-15(10-16)30-14-6-4-12(5-7-14)13-8-17(19(28)11-27)26-18(9-13)20(25)29/h1-10,19,27-28H,11H2,(H2,25,29). The fraction of sp³-hybridized carbons (Fsp3) is 0.143. The van der Waals surface area contributed by atoms with Crippen LogP contribution < -0.4 is 15.2 Å². The molecule has 10 heteroatoms. The van der Waals surface area contributed by atoms with E-state index >= 15 is 0 Å². The first-order chi connectivity index (χ1) is 14.6. The van der Waals surface area contributed by atoms with Crippen LogP contribution in [0.4, 0.5) is 13.2 Å². The minimum Gasteiger partial charge on any atom is -0.457 e. The van der Waals surface area contributed by atoms with Crippen LogP contribution in [0.1, 0.15) is 22.3 Å². The van der Waals surface area contributed by atoms with Crippen LogP contribution in [-0.4, -0.2) is 34.1 Å². The highest BCUT2D eigenvalue weighted by Crippen LogP contribution is 2.30. The van der Waals surface area contributed by atoms with Crippen LogP contribution in [-0.2, 0) is 0 Å². The van der Waals surface area contributed by atoms with Crippen LogP contribution in [0.15, 0.2) is 60.7 Å². The zero-order valence-corrected chi connectivity index (χ0v) is 15.8. The molecule has 0 aliphatic rings. The molecule has 4 N–H and O–H groups in total. The third kappa shape index (κ3) is 5.93. The third-order valence-electron chi connectivity index (χ3n) is 4.07. The van der Waals surface area contributed by atoms with Gasteiger partial charge in [-0.25, -0.2) is 4.98 Å². The monoisotopic (exact) mass is 434 g/mol. The maximum absolute atomic E-state index is 12.4. The lowest BCUT2D eigenvalue weighted by Crippen LogP contribution is -2.17. The van der Waals surface area contributed by atoms with Crippen LogP contribution >= 0.6 is 0 Å². The van der Waals surface area contributed by atoms with Crippen molar-refractivity contribution in [2.75, 3.05) is 6.61 Å². The number of aliphatic hydroxyl groups excluding tert-OH is 2. The Morgan fingerprint density at radius 2 is 1.68 bits per heavy atom. The number of pyridine rings is 1. The number of hydrogen-bond acceptors (Lipinski definition) is 6. The highest BCUT2D eigenvalue weighted by molar-refractivity contribution is 5.92. The van der Waals surface area contributed by atoms with Gasteiger partial charge in [0, 0.05) is 6.07 Å². The SMILES string of the molecule is NC(=O)c1cc(-c2ccc(Oc3cccc(OC(F)(F)F)c3)cc2)cc(C(O)CO)n1. The Morgan fingerprint density at radius 3 is 2.29 bits per heavy atom. The van der Waals surface area contributed by atoms with E-state index in [9.17, 15) is 23.1 Å². The molecule has 1 atom stereocenters. The third-order valence-corrected chi connectivity index (χ3v) is 4.07. The van der Waals surface area contributed by atoms with Crippen molar-refractivity contribution in [3.63, 3.8) is 0 Å².